The second kappa shape index (κ2) is 10.5. The number of aromatic hydroxyl groups is 1. The molecule has 1 atom stereocenters. The molecule has 1 amide bonds. The number of hydrogen-bond donors (Lipinski definition) is 2. The van der Waals surface area contributed by atoms with Crippen molar-refractivity contribution in [1.82, 2.24) is 9.80 Å². The molecule has 2 aliphatic heterocycles. The molecule has 3 rings (SSSR count). The van der Waals surface area contributed by atoms with Gasteiger partial charge in [-0.25, -0.2) is 0 Å². The van der Waals surface area contributed by atoms with Crippen LogP contribution < -0.4 is 0 Å². The normalized spacial score (nSPS) is 20.0. The topological polar surface area (TPSA) is 81.1 Å². The Morgan fingerprint density at radius 1 is 1.00 bits per heavy atom. The molecule has 0 aromatic heterocycles. The number of carbonyl (C=O) groups excluding carboxylic acids is 1. The molecular formula is C25H38N2O4. The van der Waals surface area contributed by atoms with E-state index in [1.165, 1.54) is 0 Å². The first-order chi connectivity index (χ1) is 14.7. The lowest BCUT2D eigenvalue weighted by Gasteiger charge is -2.40. The zero-order valence-corrected chi connectivity index (χ0v) is 19.3. The Balaban J connectivity index is 1.44. The van der Waals surface area contributed by atoms with E-state index in [9.17, 15) is 14.7 Å². The summed E-state index contributed by atoms with van der Waals surface area (Å²) in [6, 6.07) is 3.97. The Hall–Kier alpha value is -2.08. The number of amides is 1. The average Bonchev–Trinajstić information content (AvgIpc) is 2.76. The van der Waals surface area contributed by atoms with Gasteiger partial charge in [0.05, 0.1) is 6.42 Å². The smallest absolute Gasteiger partial charge is 0.304 e. The second-order valence-electron chi connectivity index (χ2n) is 9.67. The van der Waals surface area contributed by atoms with E-state index in [0.29, 0.717) is 30.6 Å². The molecule has 2 saturated heterocycles. The number of phenolic OH excluding ortho intramolecular Hbond substituents is 1. The van der Waals surface area contributed by atoms with Gasteiger partial charge in [-0.3, -0.25) is 9.59 Å². The fourth-order valence-electron chi connectivity index (χ4n) is 5.41. The van der Waals surface area contributed by atoms with Crippen LogP contribution in [0.4, 0.5) is 0 Å². The van der Waals surface area contributed by atoms with E-state index in [4.69, 9.17) is 5.11 Å². The van der Waals surface area contributed by atoms with Gasteiger partial charge in [0.2, 0.25) is 5.91 Å². The van der Waals surface area contributed by atoms with Gasteiger partial charge in [-0.15, -0.1) is 0 Å². The van der Waals surface area contributed by atoms with Crippen molar-refractivity contribution in [3.8, 4) is 5.75 Å². The monoisotopic (exact) mass is 430 g/mol. The lowest BCUT2D eigenvalue weighted by Crippen LogP contribution is -2.44. The molecule has 6 nitrogen and oxygen atoms in total. The Bertz CT molecular complexity index is 755. The Morgan fingerprint density at radius 3 is 2.03 bits per heavy atom. The zero-order valence-electron chi connectivity index (χ0n) is 19.3. The van der Waals surface area contributed by atoms with Gasteiger partial charge in [0.1, 0.15) is 5.75 Å². The highest BCUT2D eigenvalue weighted by Crippen LogP contribution is 2.33. The maximum Gasteiger partial charge on any atom is 0.304 e. The number of aliphatic carboxylic acids is 1. The van der Waals surface area contributed by atoms with Crippen LogP contribution >= 0.6 is 0 Å². The van der Waals surface area contributed by atoms with Crippen molar-refractivity contribution in [3.05, 3.63) is 28.8 Å². The Labute approximate surface area is 186 Å². The highest BCUT2D eigenvalue weighted by Gasteiger charge is 2.32. The summed E-state index contributed by atoms with van der Waals surface area (Å²) in [7, 11) is 0. The van der Waals surface area contributed by atoms with Crippen LogP contribution in [0, 0.1) is 31.6 Å². The largest absolute Gasteiger partial charge is 0.507 e. The number of phenols is 1. The summed E-state index contributed by atoms with van der Waals surface area (Å²) < 4.78 is 0. The summed E-state index contributed by atoms with van der Waals surface area (Å²) in [4.78, 5) is 28.1. The summed E-state index contributed by atoms with van der Waals surface area (Å²) in [5.41, 5.74) is 2.84. The van der Waals surface area contributed by atoms with Gasteiger partial charge < -0.3 is 20.0 Å². The number of rotatable bonds is 7. The van der Waals surface area contributed by atoms with Gasteiger partial charge in [-0.1, -0.05) is 19.1 Å². The predicted octanol–water partition coefficient (Wildman–Crippen LogP) is 3.61. The third-order valence-corrected chi connectivity index (χ3v) is 7.31. The lowest BCUT2D eigenvalue weighted by atomic mass is 9.78. The van der Waals surface area contributed by atoms with Crippen LogP contribution in [-0.2, 0) is 16.0 Å². The highest BCUT2D eigenvalue weighted by atomic mass is 16.4. The molecule has 0 spiro atoms. The number of piperidine rings is 2. The number of aryl methyl sites for hydroxylation is 2. The number of carboxylic acids is 1. The molecule has 1 aromatic carbocycles. The van der Waals surface area contributed by atoms with E-state index < -0.39 is 5.97 Å². The third kappa shape index (κ3) is 6.22. The van der Waals surface area contributed by atoms with Crippen molar-refractivity contribution < 1.29 is 19.8 Å². The lowest BCUT2D eigenvalue weighted by molar-refractivity contribution is -0.138. The summed E-state index contributed by atoms with van der Waals surface area (Å²) in [5.74, 6) is 1.20. The van der Waals surface area contributed by atoms with Crippen LogP contribution in [0.2, 0.25) is 0 Å². The van der Waals surface area contributed by atoms with Gasteiger partial charge in [-0.2, -0.15) is 0 Å². The summed E-state index contributed by atoms with van der Waals surface area (Å²) >= 11 is 0. The molecule has 0 saturated carbocycles. The van der Waals surface area contributed by atoms with Crippen LogP contribution in [0.1, 0.15) is 55.7 Å². The number of carboxylic acid groups (broad SMARTS) is 1. The minimum Gasteiger partial charge on any atom is -0.507 e. The number of carbonyl (C=O) groups is 2. The molecule has 6 heteroatoms. The molecule has 2 heterocycles. The molecular weight excluding hydrogens is 392 g/mol. The van der Waals surface area contributed by atoms with E-state index in [0.717, 1.165) is 68.6 Å². The summed E-state index contributed by atoms with van der Waals surface area (Å²) in [6.07, 6.45) is 5.38. The molecule has 2 fully saturated rings. The zero-order chi connectivity index (χ0) is 22.5. The fourth-order valence-corrected chi connectivity index (χ4v) is 5.41. The highest BCUT2D eigenvalue weighted by molar-refractivity contribution is 5.79. The van der Waals surface area contributed by atoms with Crippen LogP contribution in [0.25, 0.3) is 0 Å². The maximum atomic E-state index is 13.0. The molecule has 1 aromatic rings. The minimum absolute atomic E-state index is 0.0580. The number of likely N-dealkylation sites (tertiary alicyclic amines) is 2. The summed E-state index contributed by atoms with van der Waals surface area (Å²) in [6.45, 7) is 10.2. The van der Waals surface area contributed by atoms with E-state index >= 15 is 0 Å². The Kier molecular flexibility index (Phi) is 7.98. The van der Waals surface area contributed by atoms with Crippen molar-refractivity contribution in [1.29, 1.82) is 0 Å². The van der Waals surface area contributed by atoms with Gasteiger partial charge in [0.15, 0.2) is 0 Å². The molecule has 2 N–H and O–H groups in total. The van der Waals surface area contributed by atoms with Crippen LogP contribution in [0.5, 0.6) is 5.75 Å². The first kappa shape index (κ1) is 23.6. The molecule has 0 radical (unpaired) electrons. The predicted molar refractivity (Wildman–Crippen MR) is 121 cm³/mol. The average molecular weight is 431 g/mol. The van der Waals surface area contributed by atoms with E-state index in [1.807, 2.05) is 37.8 Å². The molecule has 0 bridgehead atoms. The number of benzene rings is 1. The quantitative estimate of drug-likeness (QED) is 0.691. The van der Waals surface area contributed by atoms with Crippen LogP contribution in [0.3, 0.4) is 0 Å². The van der Waals surface area contributed by atoms with Gasteiger partial charge in [-0.05, 0) is 87.6 Å². The van der Waals surface area contributed by atoms with Crippen molar-refractivity contribution in [2.45, 2.75) is 59.3 Å². The molecule has 0 aliphatic carbocycles. The molecule has 172 valence electrons. The first-order valence-electron chi connectivity index (χ1n) is 11.8. The van der Waals surface area contributed by atoms with Crippen molar-refractivity contribution >= 4 is 11.9 Å². The molecule has 2 aliphatic rings. The Morgan fingerprint density at radius 2 is 1.52 bits per heavy atom. The third-order valence-electron chi connectivity index (χ3n) is 7.31. The van der Waals surface area contributed by atoms with Gasteiger partial charge >= 0.3 is 5.97 Å². The standard InChI is InChI=1S/C25H38N2O4/c1-17-14-20(15-18(2)24(17)30)16-19(3)25(31)27-12-6-22(7-13-27)21-4-9-26(10-5-21)11-8-23(28)29/h14-15,19,21-22,30H,4-13,16H2,1-3H3,(H,28,29)/t19-/m1/s1. The van der Waals surface area contributed by atoms with Gasteiger partial charge in [0, 0.05) is 25.6 Å². The fraction of sp³-hybridized carbons (Fsp3) is 0.680. The molecule has 31 heavy (non-hydrogen) atoms. The second-order valence-corrected chi connectivity index (χ2v) is 9.67. The number of hydrogen-bond acceptors (Lipinski definition) is 4. The van der Waals surface area contributed by atoms with E-state index in [2.05, 4.69) is 4.90 Å². The molecule has 0 unspecified atom stereocenters. The van der Waals surface area contributed by atoms with Crippen molar-refractivity contribution in [2.75, 3.05) is 32.7 Å². The summed E-state index contributed by atoms with van der Waals surface area (Å²) in [5, 5.41) is 18.8. The van der Waals surface area contributed by atoms with E-state index in [-0.39, 0.29) is 18.2 Å². The number of nitrogens with zero attached hydrogens (tertiary/aromatic N) is 2. The SMILES string of the molecule is Cc1cc(C[C@@H](C)C(=O)N2CCC(C3CCN(CCC(=O)O)CC3)CC2)cc(C)c1O. The minimum atomic E-state index is -0.718. The van der Waals surface area contributed by atoms with E-state index in [1.54, 1.807) is 0 Å². The van der Waals surface area contributed by atoms with Crippen molar-refractivity contribution in [2.24, 2.45) is 17.8 Å². The van der Waals surface area contributed by atoms with Gasteiger partial charge in [0.25, 0.3) is 0 Å². The van der Waals surface area contributed by atoms with Crippen molar-refractivity contribution in [3.63, 3.8) is 0 Å². The first-order valence-corrected chi connectivity index (χ1v) is 11.8. The van der Waals surface area contributed by atoms with Crippen LogP contribution in [-0.4, -0.2) is 64.6 Å². The maximum absolute atomic E-state index is 13.0. The van der Waals surface area contributed by atoms with Crippen LogP contribution in [0.15, 0.2) is 12.1 Å².